The first-order valence-electron chi connectivity index (χ1n) is 2.57. The summed E-state index contributed by atoms with van der Waals surface area (Å²) in [5.74, 6) is 0. The van der Waals surface area contributed by atoms with Crippen molar-refractivity contribution in [3.05, 3.63) is 5.43 Å². The minimum Gasteiger partial charge on any atom is -0.386 e. The topological polar surface area (TPSA) is 38.8 Å². The van der Waals surface area contributed by atoms with Gasteiger partial charge in [0.15, 0.2) is 0 Å². The maximum Gasteiger partial charge on any atom is 1.00 e. The van der Waals surface area contributed by atoms with Gasteiger partial charge in [0.25, 0.3) is 0 Å². The zero-order valence-corrected chi connectivity index (χ0v) is 6.84. The Hall–Kier alpha value is -0.00260. The number of rotatable bonds is 1. The molecule has 0 aliphatic rings. The van der Waals surface area contributed by atoms with Gasteiger partial charge in [-0.05, 0) is 12.6 Å². The van der Waals surface area contributed by atoms with E-state index < -0.39 is 0 Å². The predicted octanol–water partition coefficient (Wildman–Crippen LogP) is -0.840. The van der Waals surface area contributed by atoms with Gasteiger partial charge in [0, 0.05) is 0 Å². The minimum atomic E-state index is -0.0838. The summed E-state index contributed by atoms with van der Waals surface area (Å²) in [6.07, 6.45) is 0. The normalized spacial score (nSPS) is 11.1. The molecule has 0 saturated carbocycles. The van der Waals surface area contributed by atoms with E-state index in [0.29, 0.717) is 0 Å². The van der Waals surface area contributed by atoms with E-state index >= 15 is 0 Å². The van der Waals surface area contributed by atoms with Crippen LogP contribution in [0.1, 0.15) is 20.8 Å². The second-order valence-electron chi connectivity index (χ2n) is 2.56. The average Bonchev–Trinajstić information content (AvgIpc) is 1.59. The molecular formula is C5H12LiN3. The van der Waals surface area contributed by atoms with Gasteiger partial charge in [-0.1, -0.05) is 20.8 Å². The molecule has 48 valence electrons. The summed E-state index contributed by atoms with van der Waals surface area (Å²) >= 11 is 0. The second-order valence-corrected chi connectivity index (χ2v) is 2.56. The molecular weight excluding hydrogens is 109 g/mol. The SMILES string of the molecule is C[N-]N=NC(C)(C)C.[Li+]. The Bertz CT molecular complexity index is 84.7. The van der Waals surface area contributed by atoms with Crippen LogP contribution in [0.5, 0.6) is 0 Å². The van der Waals surface area contributed by atoms with Gasteiger partial charge in [-0.25, -0.2) is 0 Å². The van der Waals surface area contributed by atoms with Crippen LogP contribution in [-0.4, -0.2) is 12.6 Å². The quantitative estimate of drug-likeness (QED) is 0.246. The molecule has 4 heteroatoms. The van der Waals surface area contributed by atoms with Crippen molar-refractivity contribution in [2.75, 3.05) is 7.05 Å². The van der Waals surface area contributed by atoms with Crippen molar-refractivity contribution in [2.24, 2.45) is 10.3 Å². The molecule has 0 unspecified atom stereocenters. The molecule has 3 nitrogen and oxygen atoms in total. The van der Waals surface area contributed by atoms with Crippen molar-refractivity contribution in [2.45, 2.75) is 26.3 Å². The molecule has 0 fully saturated rings. The van der Waals surface area contributed by atoms with Crippen molar-refractivity contribution in [1.29, 1.82) is 0 Å². The van der Waals surface area contributed by atoms with Crippen LogP contribution in [0.3, 0.4) is 0 Å². The number of hydrogen-bond donors (Lipinski definition) is 0. The first-order chi connectivity index (χ1) is 3.56. The molecule has 0 saturated heterocycles. The predicted molar refractivity (Wildman–Crippen MR) is 33.9 cm³/mol. The van der Waals surface area contributed by atoms with E-state index in [2.05, 4.69) is 15.8 Å². The molecule has 0 N–H and O–H groups in total. The number of hydrogen-bond acceptors (Lipinski definition) is 2. The van der Waals surface area contributed by atoms with E-state index in [1.54, 1.807) is 7.05 Å². The van der Waals surface area contributed by atoms with Crippen LogP contribution in [0.15, 0.2) is 10.3 Å². The molecule has 0 aromatic heterocycles. The summed E-state index contributed by atoms with van der Waals surface area (Å²) < 4.78 is 0. The Morgan fingerprint density at radius 3 is 1.78 bits per heavy atom. The van der Waals surface area contributed by atoms with Gasteiger partial charge >= 0.3 is 18.9 Å². The zero-order valence-electron chi connectivity index (χ0n) is 6.84. The molecule has 0 aromatic carbocycles. The maximum absolute atomic E-state index is 3.83. The summed E-state index contributed by atoms with van der Waals surface area (Å²) in [6, 6.07) is 0. The van der Waals surface area contributed by atoms with E-state index in [1.807, 2.05) is 20.8 Å². The van der Waals surface area contributed by atoms with Crippen molar-refractivity contribution in [1.82, 2.24) is 0 Å². The van der Waals surface area contributed by atoms with Gasteiger partial charge in [0.05, 0.1) is 0 Å². The fourth-order valence-corrected chi connectivity index (χ4v) is 0.179. The summed E-state index contributed by atoms with van der Waals surface area (Å²) in [7, 11) is 1.61. The molecule has 9 heavy (non-hydrogen) atoms. The molecule has 0 heterocycles. The molecule has 0 aliphatic heterocycles. The van der Waals surface area contributed by atoms with Crippen LogP contribution < -0.4 is 18.9 Å². The largest absolute Gasteiger partial charge is 1.00 e. The fraction of sp³-hybridized carbons (Fsp3) is 1.00. The Morgan fingerprint density at radius 2 is 1.67 bits per heavy atom. The van der Waals surface area contributed by atoms with Gasteiger partial charge in [-0.2, -0.15) is 0 Å². The van der Waals surface area contributed by atoms with Crippen molar-refractivity contribution in [3.63, 3.8) is 0 Å². The third-order valence-corrected chi connectivity index (χ3v) is 0.434. The van der Waals surface area contributed by atoms with E-state index in [-0.39, 0.29) is 24.4 Å². The molecule has 0 aliphatic carbocycles. The van der Waals surface area contributed by atoms with Crippen molar-refractivity contribution >= 4 is 0 Å². The standard InChI is InChI=1S/C5H12N3.Li/c1-5(2,3)7-8-6-4;/h1-4H3;/q-1;+1. The average molecular weight is 121 g/mol. The van der Waals surface area contributed by atoms with Crippen LogP contribution in [0.2, 0.25) is 0 Å². The smallest absolute Gasteiger partial charge is 0.386 e. The second kappa shape index (κ2) is 4.84. The molecule has 0 amide bonds. The monoisotopic (exact) mass is 121 g/mol. The van der Waals surface area contributed by atoms with Crippen LogP contribution in [0, 0.1) is 0 Å². The van der Waals surface area contributed by atoms with Crippen molar-refractivity contribution < 1.29 is 18.9 Å². The molecule has 0 rings (SSSR count). The number of nitrogens with zero attached hydrogens (tertiary/aromatic N) is 3. The van der Waals surface area contributed by atoms with E-state index in [9.17, 15) is 0 Å². The molecule has 0 bridgehead atoms. The third kappa shape index (κ3) is 11.5. The zero-order chi connectivity index (χ0) is 6.62. The van der Waals surface area contributed by atoms with Gasteiger partial charge in [-0.15, -0.1) is 0 Å². The Morgan fingerprint density at radius 1 is 1.22 bits per heavy atom. The first-order valence-corrected chi connectivity index (χ1v) is 2.57. The van der Waals surface area contributed by atoms with E-state index in [1.165, 1.54) is 0 Å². The Kier molecular flexibility index (Phi) is 6.32. The molecule has 0 radical (unpaired) electrons. The van der Waals surface area contributed by atoms with Crippen LogP contribution in [-0.2, 0) is 0 Å². The van der Waals surface area contributed by atoms with E-state index in [4.69, 9.17) is 0 Å². The fourth-order valence-electron chi connectivity index (χ4n) is 0.179. The maximum atomic E-state index is 3.83. The van der Waals surface area contributed by atoms with Crippen molar-refractivity contribution in [3.8, 4) is 0 Å². The molecule has 0 spiro atoms. The summed E-state index contributed by atoms with van der Waals surface area (Å²) in [5, 5.41) is 7.33. The summed E-state index contributed by atoms with van der Waals surface area (Å²) in [4.78, 5) is 0. The molecule has 0 aromatic rings. The Balaban J connectivity index is 0. The summed E-state index contributed by atoms with van der Waals surface area (Å²) in [5.41, 5.74) is 3.40. The van der Waals surface area contributed by atoms with Crippen LogP contribution >= 0.6 is 0 Å². The summed E-state index contributed by atoms with van der Waals surface area (Å²) in [6.45, 7) is 5.92. The first kappa shape index (κ1) is 11.8. The van der Waals surface area contributed by atoms with E-state index in [0.717, 1.165) is 0 Å². The van der Waals surface area contributed by atoms with Crippen LogP contribution in [0.4, 0.5) is 0 Å². The molecule has 0 atom stereocenters. The third-order valence-electron chi connectivity index (χ3n) is 0.434. The Labute approximate surface area is 68.5 Å². The van der Waals surface area contributed by atoms with Gasteiger partial charge in [-0.3, -0.25) is 5.22 Å². The van der Waals surface area contributed by atoms with Gasteiger partial charge in [0.1, 0.15) is 0 Å². The van der Waals surface area contributed by atoms with Gasteiger partial charge in [0.2, 0.25) is 0 Å². The van der Waals surface area contributed by atoms with Gasteiger partial charge < -0.3 is 10.5 Å². The minimum absolute atomic E-state index is 0. The van der Waals surface area contributed by atoms with Crippen LogP contribution in [0.25, 0.3) is 5.43 Å².